The lowest BCUT2D eigenvalue weighted by molar-refractivity contribution is 0.542. The summed E-state index contributed by atoms with van der Waals surface area (Å²) in [5.74, 6) is 2.93. The third-order valence-electron chi connectivity index (χ3n) is 4.17. The molecule has 1 saturated carbocycles. The van der Waals surface area contributed by atoms with Crippen LogP contribution in [0.1, 0.15) is 65.6 Å². The Morgan fingerprint density at radius 2 is 1.90 bits per heavy atom. The van der Waals surface area contributed by atoms with Gasteiger partial charge in [0.1, 0.15) is 17.5 Å². The van der Waals surface area contributed by atoms with Crippen LogP contribution in [-0.2, 0) is 5.41 Å². The molecule has 0 atom stereocenters. The van der Waals surface area contributed by atoms with Crippen molar-refractivity contribution in [1.82, 2.24) is 9.97 Å². The van der Waals surface area contributed by atoms with Crippen molar-refractivity contribution in [3.63, 3.8) is 0 Å². The first-order valence-corrected chi connectivity index (χ1v) is 8.28. The average Bonchev–Trinajstić information content (AvgIpc) is 2.97. The minimum absolute atomic E-state index is 0.0326. The summed E-state index contributed by atoms with van der Waals surface area (Å²) in [6.45, 7) is 9.64. The maximum Gasteiger partial charge on any atom is 0.138 e. The number of nitrogens with zero attached hydrogens (tertiary/aromatic N) is 3. The highest BCUT2D eigenvalue weighted by atomic mass is 15.2. The van der Waals surface area contributed by atoms with Crippen molar-refractivity contribution in [1.29, 1.82) is 0 Å². The van der Waals surface area contributed by atoms with E-state index < -0.39 is 0 Å². The molecule has 4 nitrogen and oxygen atoms in total. The molecule has 0 spiro atoms. The predicted octanol–water partition coefficient (Wildman–Crippen LogP) is 3.97. The van der Waals surface area contributed by atoms with Gasteiger partial charge in [0.05, 0.1) is 0 Å². The lowest BCUT2D eigenvalue weighted by atomic mass is 9.95. The van der Waals surface area contributed by atoms with Crippen LogP contribution in [0.15, 0.2) is 6.07 Å². The van der Waals surface area contributed by atoms with Crippen LogP contribution in [-0.4, -0.2) is 29.6 Å². The van der Waals surface area contributed by atoms with Gasteiger partial charge >= 0.3 is 0 Å². The van der Waals surface area contributed by atoms with Crippen LogP contribution in [0, 0.1) is 0 Å². The summed E-state index contributed by atoms with van der Waals surface area (Å²) in [4.78, 5) is 11.9. The second-order valence-electron chi connectivity index (χ2n) is 7.16. The minimum Gasteiger partial charge on any atom is -0.370 e. The molecule has 0 unspecified atom stereocenters. The third-order valence-corrected chi connectivity index (χ3v) is 4.17. The van der Waals surface area contributed by atoms with Crippen LogP contribution in [0.25, 0.3) is 0 Å². The normalized spacial score (nSPS) is 16.2. The zero-order valence-electron chi connectivity index (χ0n) is 14.2. The molecule has 1 aromatic rings. The molecule has 1 aromatic heterocycles. The van der Waals surface area contributed by atoms with Crippen LogP contribution in [0.5, 0.6) is 0 Å². The van der Waals surface area contributed by atoms with Gasteiger partial charge in [0.25, 0.3) is 0 Å². The molecule has 1 N–H and O–H groups in total. The summed E-state index contributed by atoms with van der Waals surface area (Å²) in [7, 11) is 2.17. The van der Waals surface area contributed by atoms with Crippen molar-refractivity contribution in [3.8, 4) is 0 Å². The fourth-order valence-corrected chi connectivity index (χ4v) is 2.77. The van der Waals surface area contributed by atoms with Crippen LogP contribution in [0.4, 0.5) is 11.6 Å². The van der Waals surface area contributed by atoms with Crippen LogP contribution in [0.2, 0.25) is 0 Å². The maximum atomic E-state index is 4.83. The number of anilines is 2. The molecule has 0 amide bonds. The smallest absolute Gasteiger partial charge is 0.138 e. The Labute approximate surface area is 129 Å². The molecule has 0 saturated heterocycles. The quantitative estimate of drug-likeness (QED) is 0.890. The molecule has 118 valence electrons. The SMILES string of the molecule is CCCNc1cc(N(C)C2CCCC2)nc(C(C)(C)C)n1. The van der Waals surface area contributed by atoms with E-state index in [9.17, 15) is 0 Å². The molecule has 0 radical (unpaired) electrons. The molecular formula is C17H30N4. The van der Waals surface area contributed by atoms with E-state index in [-0.39, 0.29) is 5.41 Å². The molecule has 21 heavy (non-hydrogen) atoms. The van der Waals surface area contributed by atoms with Crippen LogP contribution in [0.3, 0.4) is 0 Å². The predicted molar refractivity (Wildman–Crippen MR) is 90.2 cm³/mol. The van der Waals surface area contributed by atoms with Gasteiger partial charge in [-0.3, -0.25) is 0 Å². The van der Waals surface area contributed by atoms with E-state index >= 15 is 0 Å². The average molecular weight is 290 g/mol. The molecule has 0 aliphatic heterocycles. The molecule has 1 heterocycles. The van der Waals surface area contributed by atoms with Gasteiger partial charge in [0.15, 0.2) is 0 Å². The van der Waals surface area contributed by atoms with E-state index in [0.717, 1.165) is 30.4 Å². The molecule has 1 fully saturated rings. The number of rotatable bonds is 5. The van der Waals surface area contributed by atoms with Gasteiger partial charge in [-0.25, -0.2) is 9.97 Å². The number of hydrogen-bond acceptors (Lipinski definition) is 4. The van der Waals surface area contributed by atoms with Crippen molar-refractivity contribution in [2.24, 2.45) is 0 Å². The van der Waals surface area contributed by atoms with E-state index in [1.54, 1.807) is 0 Å². The molecule has 0 bridgehead atoms. The Hall–Kier alpha value is -1.32. The number of nitrogens with one attached hydrogen (secondary N) is 1. The van der Waals surface area contributed by atoms with E-state index in [1.165, 1.54) is 25.7 Å². The second kappa shape index (κ2) is 6.63. The van der Waals surface area contributed by atoms with Gasteiger partial charge in [0.2, 0.25) is 0 Å². The van der Waals surface area contributed by atoms with Gasteiger partial charge in [-0.1, -0.05) is 40.5 Å². The van der Waals surface area contributed by atoms with Gasteiger partial charge in [-0.2, -0.15) is 0 Å². The minimum atomic E-state index is -0.0326. The summed E-state index contributed by atoms with van der Waals surface area (Å²) in [5, 5.41) is 3.41. The van der Waals surface area contributed by atoms with Crippen molar-refractivity contribution in [2.75, 3.05) is 23.8 Å². The summed E-state index contributed by atoms with van der Waals surface area (Å²) < 4.78 is 0. The van der Waals surface area contributed by atoms with E-state index in [0.29, 0.717) is 6.04 Å². The fourth-order valence-electron chi connectivity index (χ4n) is 2.77. The molecule has 1 aliphatic carbocycles. The summed E-state index contributed by atoms with van der Waals surface area (Å²) in [5.41, 5.74) is -0.0326. The number of aromatic nitrogens is 2. The Morgan fingerprint density at radius 3 is 2.48 bits per heavy atom. The molecule has 4 heteroatoms. The van der Waals surface area contributed by atoms with E-state index in [4.69, 9.17) is 9.97 Å². The van der Waals surface area contributed by atoms with Crippen molar-refractivity contribution >= 4 is 11.6 Å². The Bertz CT molecular complexity index is 458. The maximum absolute atomic E-state index is 4.83. The first kappa shape index (κ1) is 16.1. The fraction of sp³-hybridized carbons (Fsp3) is 0.765. The van der Waals surface area contributed by atoms with E-state index in [1.807, 2.05) is 0 Å². The third kappa shape index (κ3) is 4.08. The molecular weight excluding hydrogens is 260 g/mol. The lowest BCUT2D eigenvalue weighted by Gasteiger charge is -2.27. The zero-order valence-corrected chi connectivity index (χ0v) is 14.2. The van der Waals surface area contributed by atoms with Gasteiger partial charge in [-0.05, 0) is 19.3 Å². The standard InChI is InChI=1S/C17H30N4/c1-6-11-18-14-12-15(20-16(19-14)17(2,3)4)21(5)13-9-7-8-10-13/h12-13H,6-11H2,1-5H3,(H,18,19,20). The Kier molecular flexibility index (Phi) is 5.07. The molecule has 1 aliphatic rings. The monoisotopic (exact) mass is 290 g/mol. The van der Waals surface area contributed by atoms with Crippen LogP contribution >= 0.6 is 0 Å². The van der Waals surface area contributed by atoms with E-state index in [2.05, 4.69) is 51.0 Å². The van der Waals surface area contributed by atoms with Gasteiger partial charge < -0.3 is 10.2 Å². The highest BCUT2D eigenvalue weighted by Gasteiger charge is 2.24. The summed E-state index contributed by atoms with van der Waals surface area (Å²) in [6, 6.07) is 2.73. The molecule has 2 rings (SSSR count). The Balaban J connectivity index is 2.29. The van der Waals surface area contributed by atoms with Crippen molar-refractivity contribution < 1.29 is 0 Å². The van der Waals surface area contributed by atoms with Gasteiger partial charge in [0, 0.05) is 31.1 Å². The summed E-state index contributed by atoms with van der Waals surface area (Å²) >= 11 is 0. The van der Waals surface area contributed by atoms with Crippen LogP contribution < -0.4 is 10.2 Å². The topological polar surface area (TPSA) is 41.0 Å². The zero-order chi connectivity index (χ0) is 15.5. The largest absolute Gasteiger partial charge is 0.370 e. The second-order valence-corrected chi connectivity index (χ2v) is 7.16. The first-order valence-electron chi connectivity index (χ1n) is 8.28. The van der Waals surface area contributed by atoms with Crippen molar-refractivity contribution in [2.45, 2.75) is 71.3 Å². The summed E-state index contributed by atoms with van der Waals surface area (Å²) in [6.07, 6.45) is 6.34. The highest BCUT2D eigenvalue weighted by Crippen LogP contribution is 2.29. The number of hydrogen-bond donors (Lipinski definition) is 1. The van der Waals surface area contributed by atoms with Gasteiger partial charge in [-0.15, -0.1) is 0 Å². The molecule has 0 aromatic carbocycles. The Morgan fingerprint density at radius 1 is 1.24 bits per heavy atom. The first-order chi connectivity index (χ1) is 9.91. The lowest BCUT2D eigenvalue weighted by Crippen LogP contribution is -2.31. The van der Waals surface area contributed by atoms with Crippen molar-refractivity contribution in [3.05, 3.63) is 11.9 Å². The highest BCUT2D eigenvalue weighted by molar-refractivity contribution is 5.50.